The third kappa shape index (κ3) is 4.21. The Morgan fingerprint density at radius 3 is 2.68 bits per heavy atom. The van der Waals surface area contributed by atoms with Crippen molar-refractivity contribution >= 4 is 47.0 Å². The molecule has 0 bridgehead atoms. The van der Waals surface area contributed by atoms with Crippen LogP contribution in [0.2, 0.25) is 0 Å². The van der Waals surface area contributed by atoms with Gasteiger partial charge in [-0.05, 0) is 44.4 Å². The van der Waals surface area contributed by atoms with Gasteiger partial charge in [-0.2, -0.15) is 9.36 Å². The quantitative estimate of drug-likeness (QED) is 0.505. The smallest absolute Gasteiger partial charge is 0.353 e. The van der Waals surface area contributed by atoms with Gasteiger partial charge in [0.2, 0.25) is 17.8 Å². The summed E-state index contributed by atoms with van der Waals surface area (Å²) in [6.07, 6.45) is 2.54. The van der Waals surface area contributed by atoms with Gasteiger partial charge in [0, 0.05) is 10.8 Å². The molecule has 10 nitrogen and oxygen atoms in total. The first-order valence-electron chi connectivity index (χ1n) is 10.3. The van der Waals surface area contributed by atoms with E-state index in [1.54, 1.807) is 6.92 Å². The molecule has 3 aliphatic heterocycles. The van der Waals surface area contributed by atoms with Crippen molar-refractivity contribution in [2.24, 2.45) is 11.8 Å². The Balaban J connectivity index is 1.44. The van der Waals surface area contributed by atoms with Crippen LogP contribution >= 0.6 is 23.3 Å². The highest BCUT2D eigenvalue weighted by molar-refractivity contribution is 8.04. The number of likely N-dealkylation sites (tertiary alicyclic amines) is 1. The molecule has 168 valence electrons. The number of aliphatic carboxylic acids is 1. The number of anilines is 1. The Labute approximate surface area is 187 Å². The number of nitrogens with one attached hydrogen (secondary N) is 1. The zero-order chi connectivity index (χ0) is 22.3. The summed E-state index contributed by atoms with van der Waals surface area (Å²) in [5.41, 5.74) is -0.0599. The molecule has 3 aliphatic rings. The maximum atomic E-state index is 12.4. The molecular formula is C19H25N5O5S2. The molecule has 0 aliphatic carbocycles. The van der Waals surface area contributed by atoms with E-state index in [4.69, 9.17) is 0 Å². The number of carboxylic acid groups (broad SMARTS) is 1. The van der Waals surface area contributed by atoms with Gasteiger partial charge in [-0.25, -0.2) is 4.79 Å². The first-order valence-corrected chi connectivity index (χ1v) is 11.9. The molecule has 4 heterocycles. The number of nitrogens with zero attached hydrogens (tertiary/aromatic N) is 4. The largest absolute Gasteiger partial charge is 0.477 e. The fourth-order valence-corrected chi connectivity index (χ4v) is 6.37. The molecule has 4 rings (SSSR count). The maximum absolute atomic E-state index is 12.4. The Bertz CT molecular complexity index is 927. The number of aliphatic hydroxyl groups is 1. The molecule has 0 spiro atoms. The van der Waals surface area contributed by atoms with Gasteiger partial charge in [-0.15, -0.1) is 0 Å². The SMILES string of the molecule is C[C@@H](O)[C@H]1C(=O)N2C(C(=O)O)=C(Sc3nc(NC(=O)CN4CCCCC4)ns3)[C@H](C)[C@H]12. The summed E-state index contributed by atoms with van der Waals surface area (Å²) in [4.78, 5) is 44.8. The van der Waals surface area contributed by atoms with E-state index in [1.807, 2.05) is 6.92 Å². The number of carbonyl (C=O) groups is 3. The van der Waals surface area contributed by atoms with E-state index in [9.17, 15) is 24.6 Å². The summed E-state index contributed by atoms with van der Waals surface area (Å²) in [5, 5.41) is 22.3. The predicted molar refractivity (Wildman–Crippen MR) is 114 cm³/mol. The molecule has 0 unspecified atom stereocenters. The highest BCUT2D eigenvalue weighted by Crippen LogP contribution is 2.52. The van der Waals surface area contributed by atoms with Crippen molar-refractivity contribution in [3.8, 4) is 0 Å². The standard InChI is InChI=1S/C19H25N5O5S2/c1-9-13-12(10(2)25)16(27)24(13)14(17(28)29)15(9)30-19-21-18(22-31-19)20-11(26)8-23-6-4-3-5-7-23/h9-10,12-13,25H,3-8H2,1-2H3,(H,28,29)(H,20,22,26)/t9-,10-,12-,13-/m1/s1. The molecule has 12 heteroatoms. The second-order valence-corrected chi connectivity index (χ2v) is 10.2. The van der Waals surface area contributed by atoms with Crippen molar-refractivity contribution in [2.75, 3.05) is 25.0 Å². The lowest BCUT2D eigenvalue weighted by molar-refractivity contribution is -0.163. The van der Waals surface area contributed by atoms with Crippen LogP contribution in [0.25, 0.3) is 0 Å². The molecule has 2 saturated heterocycles. The van der Waals surface area contributed by atoms with Crippen LogP contribution in [-0.2, 0) is 14.4 Å². The number of piperidine rings is 1. The fraction of sp³-hybridized carbons (Fsp3) is 0.632. The van der Waals surface area contributed by atoms with E-state index >= 15 is 0 Å². The number of carboxylic acids is 1. The Morgan fingerprint density at radius 1 is 1.32 bits per heavy atom. The van der Waals surface area contributed by atoms with Gasteiger partial charge in [0.15, 0.2) is 4.34 Å². The van der Waals surface area contributed by atoms with E-state index in [-0.39, 0.29) is 35.4 Å². The zero-order valence-electron chi connectivity index (χ0n) is 17.3. The summed E-state index contributed by atoms with van der Waals surface area (Å²) in [5.74, 6) is -2.41. The molecule has 4 atom stereocenters. The first kappa shape index (κ1) is 22.2. The molecule has 31 heavy (non-hydrogen) atoms. The van der Waals surface area contributed by atoms with Crippen LogP contribution in [0.15, 0.2) is 14.9 Å². The van der Waals surface area contributed by atoms with Gasteiger partial charge in [-0.3, -0.25) is 19.8 Å². The number of aliphatic hydroxyl groups excluding tert-OH is 1. The van der Waals surface area contributed by atoms with Crippen LogP contribution in [-0.4, -0.2) is 78.9 Å². The zero-order valence-corrected chi connectivity index (χ0v) is 18.9. The van der Waals surface area contributed by atoms with Crippen molar-refractivity contribution < 1.29 is 24.6 Å². The number of hydrogen-bond donors (Lipinski definition) is 3. The Morgan fingerprint density at radius 2 is 2.03 bits per heavy atom. The lowest BCUT2D eigenvalue weighted by atomic mass is 9.79. The average Bonchev–Trinajstić information content (AvgIpc) is 3.23. The van der Waals surface area contributed by atoms with Gasteiger partial charge < -0.3 is 15.1 Å². The van der Waals surface area contributed by atoms with E-state index in [2.05, 4.69) is 19.6 Å². The molecule has 0 radical (unpaired) electrons. The van der Waals surface area contributed by atoms with Gasteiger partial charge in [0.05, 0.1) is 24.6 Å². The Hall–Kier alpha value is -2.02. The third-order valence-electron chi connectivity index (χ3n) is 5.98. The van der Waals surface area contributed by atoms with E-state index < -0.39 is 18.0 Å². The van der Waals surface area contributed by atoms with Crippen LogP contribution < -0.4 is 5.32 Å². The van der Waals surface area contributed by atoms with Gasteiger partial charge in [0.25, 0.3) is 0 Å². The number of fused-ring (bicyclic) bond motifs is 1. The van der Waals surface area contributed by atoms with Gasteiger partial charge in [0.1, 0.15) is 5.70 Å². The maximum Gasteiger partial charge on any atom is 0.353 e. The molecule has 3 N–H and O–H groups in total. The second-order valence-electron chi connectivity index (χ2n) is 8.14. The minimum absolute atomic E-state index is 0.0599. The lowest BCUT2D eigenvalue weighted by Gasteiger charge is -2.46. The highest BCUT2D eigenvalue weighted by atomic mass is 32.2. The number of carbonyl (C=O) groups excluding carboxylic acids is 2. The lowest BCUT2D eigenvalue weighted by Crippen LogP contribution is -2.63. The van der Waals surface area contributed by atoms with E-state index in [0.29, 0.717) is 15.8 Å². The topological polar surface area (TPSA) is 136 Å². The highest BCUT2D eigenvalue weighted by Gasteiger charge is 2.60. The minimum atomic E-state index is -1.19. The normalized spacial score (nSPS) is 27.1. The van der Waals surface area contributed by atoms with E-state index in [0.717, 1.165) is 49.2 Å². The predicted octanol–water partition coefficient (Wildman–Crippen LogP) is 1.21. The number of rotatable bonds is 7. The number of hydrogen-bond acceptors (Lipinski definition) is 9. The summed E-state index contributed by atoms with van der Waals surface area (Å²) in [7, 11) is 0. The summed E-state index contributed by atoms with van der Waals surface area (Å²) in [6, 6.07) is -0.377. The van der Waals surface area contributed by atoms with E-state index in [1.165, 1.54) is 11.3 Å². The minimum Gasteiger partial charge on any atom is -0.477 e. The molecule has 0 saturated carbocycles. The monoisotopic (exact) mass is 467 g/mol. The van der Waals surface area contributed by atoms with Crippen LogP contribution in [0, 0.1) is 11.8 Å². The molecule has 0 aromatic carbocycles. The van der Waals surface area contributed by atoms with Crippen LogP contribution in [0.1, 0.15) is 33.1 Å². The van der Waals surface area contributed by atoms with Crippen molar-refractivity contribution in [3.63, 3.8) is 0 Å². The summed E-state index contributed by atoms with van der Waals surface area (Å²) < 4.78 is 4.65. The van der Waals surface area contributed by atoms with Crippen LogP contribution in [0.5, 0.6) is 0 Å². The third-order valence-corrected chi connectivity index (χ3v) is 8.02. The van der Waals surface area contributed by atoms with Gasteiger partial charge in [-0.1, -0.05) is 25.1 Å². The van der Waals surface area contributed by atoms with Crippen molar-refractivity contribution in [2.45, 2.75) is 49.6 Å². The fourth-order valence-electron chi connectivity index (χ4n) is 4.54. The van der Waals surface area contributed by atoms with Crippen molar-refractivity contribution in [1.29, 1.82) is 0 Å². The molecule has 1 aromatic heterocycles. The Kier molecular flexibility index (Phi) is 6.33. The second kappa shape index (κ2) is 8.85. The number of amides is 2. The molecule has 2 fully saturated rings. The number of β-lactam (4-membered cyclic amide) rings is 1. The van der Waals surface area contributed by atoms with Crippen LogP contribution in [0.3, 0.4) is 0 Å². The molecular weight excluding hydrogens is 442 g/mol. The number of aromatic nitrogens is 2. The van der Waals surface area contributed by atoms with Crippen molar-refractivity contribution in [1.82, 2.24) is 19.2 Å². The molecule has 1 aromatic rings. The average molecular weight is 468 g/mol. The molecule has 2 amide bonds. The van der Waals surface area contributed by atoms with Crippen LogP contribution in [0.4, 0.5) is 5.95 Å². The van der Waals surface area contributed by atoms with Gasteiger partial charge >= 0.3 is 5.97 Å². The van der Waals surface area contributed by atoms with Crippen molar-refractivity contribution in [3.05, 3.63) is 10.6 Å². The number of thioether (sulfide) groups is 1. The summed E-state index contributed by atoms with van der Waals surface area (Å²) >= 11 is 2.21. The summed E-state index contributed by atoms with van der Waals surface area (Å²) in [6.45, 7) is 5.51. The first-order chi connectivity index (χ1) is 14.8.